The SMILES string of the molecule is C=S(=O)(NC(=O)Nc1ccc(Cl)cc1)c1ccc([N+](=O)[O-])cc1. The quantitative estimate of drug-likeness (QED) is 0.501. The highest BCUT2D eigenvalue weighted by Crippen LogP contribution is 2.16. The molecular weight excluding hydrogens is 342 g/mol. The second-order valence-corrected chi connectivity index (χ2v) is 6.95. The number of carbonyl (C=O) groups excluding carboxylic acids is 1. The summed E-state index contributed by atoms with van der Waals surface area (Å²) < 4.78 is 14.7. The fraction of sp³-hybridized carbons (Fsp3) is 0. The lowest BCUT2D eigenvalue weighted by atomic mass is 10.3. The van der Waals surface area contributed by atoms with Gasteiger partial charge in [0.15, 0.2) is 0 Å². The molecule has 7 nitrogen and oxygen atoms in total. The highest BCUT2D eigenvalue weighted by atomic mass is 35.5. The molecule has 2 amide bonds. The zero-order chi connectivity index (χ0) is 17.0. The molecule has 9 heteroatoms. The first-order valence-electron chi connectivity index (χ1n) is 6.24. The highest BCUT2D eigenvalue weighted by Gasteiger charge is 2.14. The molecule has 0 spiro atoms. The second-order valence-electron chi connectivity index (χ2n) is 4.49. The van der Waals surface area contributed by atoms with Gasteiger partial charge < -0.3 is 5.32 Å². The van der Waals surface area contributed by atoms with Gasteiger partial charge in [-0.05, 0) is 42.3 Å². The van der Waals surface area contributed by atoms with Crippen LogP contribution in [0, 0.1) is 10.1 Å². The Hall–Kier alpha value is -2.58. The maximum Gasteiger partial charge on any atom is 0.330 e. The van der Waals surface area contributed by atoms with Crippen LogP contribution < -0.4 is 10.0 Å². The van der Waals surface area contributed by atoms with Crippen LogP contribution in [0.3, 0.4) is 0 Å². The first-order valence-corrected chi connectivity index (χ1v) is 8.34. The van der Waals surface area contributed by atoms with E-state index in [1.165, 1.54) is 24.3 Å². The Labute approximate surface area is 137 Å². The zero-order valence-corrected chi connectivity index (χ0v) is 13.3. The monoisotopic (exact) mass is 353 g/mol. The predicted molar refractivity (Wildman–Crippen MR) is 90.2 cm³/mol. The molecule has 0 bridgehead atoms. The zero-order valence-electron chi connectivity index (χ0n) is 11.7. The number of halogens is 1. The lowest BCUT2D eigenvalue weighted by Crippen LogP contribution is -2.34. The number of anilines is 1. The van der Waals surface area contributed by atoms with Crippen molar-refractivity contribution >= 4 is 44.6 Å². The molecule has 23 heavy (non-hydrogen) atoms. The fourth-order valence-corrected chi connectivity index (χ4v) is 2.86. The summed E-state index contributed by atoms with van der Waals surface area (Å²) in [5.41, 5.74) is 0.320. The van der Waals surface area contributed by atoms with Crippen molar-refractivity contribution in [3.63, 3.8) is 0 Å². The van der Waals surface area contributed by atoms with E-state index in [2.05, 4.69) is 15.9 Å². The van der Waals surface area contributed by atoms with Crippen molar-refractivity contribution in [3.05, 3.63) is 63.7 Å². The van der Waals surface area contributed by atoms with Crippen LogP contribution in [-0.2, 0) is 9.71 Å². The first-order chi connectivity index (χ1) is 10.8. The van der Waals surface area contributed by atoms with Crippen LogP contribution >= 0.6 is 11.6 Å². The summed E-state index contributed by atoms with van der Waals surface area (Å²) in [4.78, 5) is 22.1. The molecule has 2 N–H and O–H groups in total. The van der Waals surface area contributed by atoms with E-state index in [1.807, 2.05) is 0 Å². The van der Waals surface area contributed by atoms with Gasteiger partial charge in [-0.25, -0.2) is 9.00 Å². The van der Waals surface area contributed by atoms with Crippen molar-refractivity contribution < 1.29 is 13.9 Å². The minimum absolute atomic E-state index is 0.144. The average molecular weight is 354 g/mol. The Balaban J connectivity index is 2.09. The average Bonchev–Trinajstić information content (AvgIpc) is 2.49. The fourth-order valence-electron chi connectivity index (χ4n) is 1.69. The van der Waals surface area contributed by atoms with Gasteiger partial charge in [0.1, 0.15) is 0 Å². The number of non-ortho nitro benzene ring substituents is 1. The highest BCUT2D eigenvalue weighted by molar-refractivity contribution is 7.99. The number of nitro benzene ring substituents is 1. The minimum atomic E-state index is -3.14. The number of benzene rings is 2. The number of carbonyl (C=O) groups is 1. The first kappa shape index (κ1) is 16.8. The molecule has 0 heterocycles. The molecule has 0 saturated carbocycles. The van der Waals surface area contributed by atoms with Crippen LogP contribution in [-0.4, -0.2) is 21.0 Å². The third-order valence-corrected chi connectivity index (χ3v) is 4.59. The van der Waals surface area contributed by atoms with Crippen molar-refractivity contribution in [2.45, 2.75) is 4.90 Å². The summed E-state index contributed by atoms with van der Waals surface area (Å²) in [7, 11) is -3.14. The van der Waals surface area contributed by atoms with Crippen LogP contribution in [0.5, 0.6) is 0 Å². The van der Waals surface area contributed by atoms with Crippen LogP contribution in [0.25, 0.3) is 0 Å². The maximum absolute atomic E-state index is 12.4. The summed E-state index contributed by atoms with van der Waals surface area (Å²) in [6.45, 7) is 0. The minimum Gasteiger partial charge on any atom is -0.307 e. The van der Waals surface area contributed by atoms with E-state index in [-0.39, 0.29) is 10.6 Å². The Bertz CT molecular complexity index is 833. The van der Waals surface area contributed by atoms with Crippen molar-refractivity contribution in [2.75, 3.05) is 5.32 Å². The molecule has 0 fully saturated rings. The molecule has 0 saturated heterocycles. The molecule has 0 radical (unpaired) electrons. The van der Waals surface area contributed by atoms with Gasteiger partial charge in [-0.15, -0.1) is 0 Å². The molecule has 0 aliphatic rings. The van der Waals surface area contributed by atoms with Gasteiger partial charge in [0.05, 0.1) is 19.5 Å². The van der Waals surface area contributed by atoms with Crippen molar-refractivity contribution in [2.24, 2.45) is 0 Å². The van der Waals surface area contributed by atoms with Gasteiger partial charge in [0, 0.05) is 22.8 Å². The number of amides is 2. The second kappa shape index (κ2) is 6.67. The molecular formula is C14H12ClN3O4S. The molecule has 2 aromatic carbocycles. The summed E-state index contributed by atoms with van der Waals surface area (Å²) in [6.07, 6.45) is 0. The van der Waals surface area contributed by atoms with E-state index < -0.39 is 20.7 Å². The number of nitrogens with zero attached hydrogens (tertiary/aromatic N) is 1. The summed E-state index contributed by atoms with van der Waals surface area (Å²) in [5, 5.41) is 13.6. The van der Waals surface area contributed by atoms with E-state index in [0.29, 0.717) is 10.7 Å². The number of hydrogen-bond acceptors (Lipinski definition) is 4. The number of rotatable bonds is 4. The summed E-state index contributed by atoms with van der Waals surface area (Å²) in [6, 6.07) is 10.6. The van der Waals surface area contributed by atoms with E-state index in [9.17, 15) is 19.1 Å². The third-order valence-electron chi connectivity index (χ3n) is 2.79. The van der Waals surface area contributed by atoms with Gasteiger partial charge in [-0.1, -0.05) is 11.6 Å². The van der Waals surface area contributed by atoms with Crippen molar-refractivity contribution in [1.29, 1.82) is 0 Å². The molecule has 0 aliphatic heterocycles. The van der Waals surface area contributed by atoms with Gasteiger partial charge in [-0.3, -0.25) is 14.8 Å². The Morgan fingerprint density at radius 2 is 1.70 bits per heavy atom. The van der Waals surface area contributed by atoms with Crippen LogP contribution in [0.2, 0.25) is 5.02 Å². The third kappa shape index (κ3) is 4.44. The molecule has 1 unspecified atom stereocenters. The Kier molecular flexibility index (Phi) is 4.87. The molecule has 120 valence electrons. The van der Waals surface area contributed by atoms with Crippen molar-refractivity contribution in [1.82, 2.24) is 4.72 Å². The molecule has 2 rings (SSSR count). The number of urea groups is 1. The van der Waals surface area contributed by atoms with Gasteiger partial charge in [0.25, 0.3) is 5.69 Å². The van der Waals surface area contributed by atoms with Crippen LogP contribution in [0.4, 0.5) is 16.2 Å². The Morgan fingerprint density at radius 3 is 2.22 bits per heavy atom. The van der Waals surface area contributed by atoms with E-state index >= 15 is 0 Å². The normalized spacial score (nSPS) is 12.9. The number of nitro groups is 1. The lowest BCUT2D eigenvalue weighted by Gasteiger charge is -2.12. The maximum atomic E-state index is 12.4. The largest absolute Gasteiger partial charge is 0.330 e. The van der Waals surface area contributed by atoms with Crippen LogP contribution in [0.15, 0.2) is 53.4 Å². The summed E-state index contributed by atoms with van der Waals surface area (Å²) in [5.74, 6) is 3.48. The van der Waals surface area contributed by atoms with E-state index in [4.69, 9.17) is 11.6 Å². The van der Waals surface area contributed by atoms with Gasteiger partial charge >= 0.3 is 6.03 Å². The smallest absolute Gasteiger partial charge is 0.307 e. The Morgan fingerprint density at radius 1 is 1.13 bits per heavy atom. The van der Waals surface area contributed by atoms with Crippen LogP contribution in [0.1, 0.15) is 0 Å². The number of hydrogen-bond donors (Lipinski definition) is 2. The number of nitrogens with one attached hydrogen (secondary N) is 2. The lowest BCUT2D eigenvalue weighted by molar-refractivity contribution is -0.384. The van der Waals surface area contributed by atoms with Gasteiger partial charge in [-0.2, -0.15) is 0 Å². The molecule has 1 atom stereocenters. The molecule has 0 aromatic heterocycles. The van der Waals surface area contributed by atoms with Gasteiger partial charge in [0.2, 0.25) is 0 Å². The standard InChI is InChI=1S/C14H12ClN3O4S/c1-23(22,13-8-6-12(7-9-13)18(20)21)17-14(19)16-11-4-2-10(15)3-5-11/h2-9H,1H2,(H2,16,17,19,22). The van der Waals surface area contributed by atoms with E-state index in [0.717, 1.165) is 0 Å². The predicted octanol–water partition coefficient (Wildman–Crippen LogP) is 3.06. The topological polar surface area (TPSA) is 101 Å². The summed E-state index contributed by atoms with van der Waals surface area (Å²) >= 11 is 5.74. The van der Waals surface area contributed by atoms with Crippen molar-refractivity contribution in [3.8, 4) is 0 Å². The molecule has 2 aromatic rings. The molecule has 0 aliphatic carbocycles. The van der Waals surface area contributed by atoms with E-state index in [1.54, 1.807) is 24.3 Å².